The summed E-state index contributed by atoms with van der Waals surface area (Å²) in [6.07, 6.45) is 3.30. The molecule has 1 aliphatic carbocycles. The molecule has 1 aromatic rings. The highest BCUT2D eigenvalue weighted by Gasteiger charge is 2.36. The van der Waals surface area contributed by atoms with Crippen LogP contribution in [0.1, 0.15) is 56.3 Å². The van der Waals surface area contributed by atoms with Crippen LogP contribution in [0.3, 0.4) is 0 Å². The Balaban J connectivity index is 1.70. The average molecular weight is 289 g/mol. The van der Waals surface area contributed by atoms with Gasteiger partial charge in [0.1, 0.15) is 0 Å². The smallest absolute Gasteiger partial charge is 0.0948 e. The Morgan fingerprint density at radius 2 is 1.86 bits per heavy atom. The first kappa shape index (κ1) is 15.0. The van der Waals surface area contributed by atoms with Crippen LogP contribution >= 0.6 is 0 Å². The predicted octanol–water partition coefficient (Wildman–Crippen LogP) is 3.10. The molecule has 1 saturated heterocycles. The molecule has 3 nitrogen and oxygen atoms in total. The molecule has 1 aromatic carbocycles. The largest absolute Gasteiger partial charge is 0.387 e. The Hall–Kier alpha value is -0.900. The van der Waals surface area contributed by atoms with Crippen LogP contribution in [0.5, 0.6) is 0 Å². The highest BCUT2D eigenvalue weighted by Crippen LogP contribution is 2.40. The number of piperidine rings is 1. The van der Waals surface area contributed by atoms with Crippen LogP contribution in [0.15, 0.2) is 24.3 Å². The summed E-state index contributed by atoms with van der Waals surface area (Å²) >= 11 is 0. The van der Waals surface area contributed by atoms with Crippen molar-refractivity contribution in [2.24, 2.45) is 0 Å². The normalized spacial score (nSPS) is 31.1. The first-order valence-electron chi connectivity index (χ1n) is 8.33. The van der Waals surface area contributed by atoms with Gasteiger partial charge in [0, 0.05) is 25.7 Å². The summed E-state index contributed by atoms with van der Waals surface area (Å²) in [5.74, 6) is 0.527. The average Bonchev–Trinajstić information content (AvgIpc) is 2.52. The van der Waals surface area contributed by atoms with Gasteiger partial charge in [-0.3, -0.25) is 4.90 Å². The van der Waals surface area contributed by atoms with Crippen molar-refractivity contribution < 1.29 is 9.84 Å². The van der Waals surface area contributed by atoms with E-state index in [2.05, 4.69) is 36.9 Å². The van der Waals surface area contributed by atoms with Crippen LogP contribution < -0.4 is 0 Å². The molecule has 0 amide bonds. The lowest BCUT2D eigenvalue weighted by molar-refractivity contribution is -0.0275. The number of nitrogens with zero attached hydrogens (tertiary/aromatic N) is 1. The van der Waals surface area contributed by atoms with Crippen molar-refractivity contribution in [2.75, 3.05) is 19.7 Å². The molecule has 1 fully saturated rings. The van der Waals surface area contributed by atoms with Gasteiger partial charge in [-0.15, -0.1) is 0 Å². The number of fused-ring (bicyclic) bond motifs is 1. The van der Waals surface area contributed by atoms with Crippen molar-refractivity contribution in [3.8, 4) is 0 Å². The number of rotatable bonds is 3. The van der Waals surface area contributed by atoms with E-state index < -0.39 is 0 Å². The number of benzene rings is 1. The summed E-state index contributed by atoms with van der Waals surface area (Å²) < 4.78 is 5.73. The van der Waals surface area contributed by atoms with Gasteiger partial charge in [0.15, 0.2) is 0 Å². The molecule has 1 aliphatic heterocycles. The van der Waals surface area contributed by atoms with Gasteiger partial charge in [-0.25, -0.2) is 0 Å². The van der Waals surface area contributed by atoms with Crippen LogP contribution in [-0.4, -0.2) is 41.8 Å². The van der Waals surface area contributed by atoms with Gasteiger partial charge in [0.05, 0.1) is 12.2 Å². The molecular weight excluding hydrogens is 262 g/mol. The highest BCUT2D eigenvalue weighted by molar-refractivity contribution is 5.35. The van der Waals surface area contributed by atoms with Crippen LogP contribution in [0.25, 0.3) is 0 Å². The number of ether oxygens (including phenoxy) is 1. The Morgan fingerprint density at radius 3 is 2.52 bits per heavy atom. The quantitative estimate of drug-likeness (QED) is 0.928. The minimum Gasteiger partial charge on any atom is -0.387 e. The molecule has 0 radical (unpaired) electrons. The van der Waals surface area contributed by atoms with Gasteiger partial charge in [-0.05, 0) is 43.2 Å². The molecule has 3 atom stereocenters. The fourth-order valence-corrected chi connectivity index (χ4v) is 4.01. The van der Waals surface area contributed by atoms with Crippen LogP contribution in [0, 0.1) is 0 Å². The van der Waals surface area contributed by atoms with Crippen LogP contribution in [0.2, 0.25) is 0 Å². The van der Waals surface area contributed by atoms with Crippen LogP contribution in [-0.2, 0) is 4.74 Å². The van der Waals surface area contributed by atoms with Gasteiger partial charge in [0.25, 0.3) is 0 Å². The van der Waals surface area contributed by atoms with E-state index in [1.807, 2.05) is 6.07 Å². The summed E-state index contributed by atoms with van der Waals surface area (Å²) in [7, 11) is 0. The van der Waals surface area contributed by atoms with Crippen molar-refractivity contribution in [1.29, 1.82) is 0 Å². The Morgan fingerprint density at radius 1 is 1.19 bits per heavy atom. The second kappa shape index (κ2) is 6.47. The van der Waals surface area contributed by atoms with Gasteiger partial charge < -0.3 is 9.84 Å². The molecule has 0 bridgehead atoms. The van der Waals surface area contributed by atoms with Crippen molar-refractivity contribution >= 4 is 0 Å². The van der Waals surface area contributed by atoms with Crippen molar-refractivity contribution in [3.05, 3.63) is 35.4 Å². The second-order valence-electron chi connectivity index (χ2n) is 6.47. The van der Waals surface area contributed by atoms with Gasteiger partial charge >= 0.3 is 0 Å². The number of likely N-dealkylation sites (tertiary alicyclic amines) is 1. The maximum Gasteiger partial charge on any atom is 0.0948 e. The Kier molecular flexibility index (Phi) is 4.63. The summed E-state index contributed by atoms with van der Waals surface area (Å²) in [5, 5.41) is 10.8. The molecule has 116 valence electrons. The van der Waals surface area contributed by atoms with Gasteiger partial charge in [-0.2, -0.15) is 0 Å². The lowest BCUT2D eigenvalue weighted by atomic mass is 9.78. The molecule has 2 aliphatic rings. The summed E-state index contributed by atoms with van der Waals surface area (Å²) in [5.41, 5.74) is 2.46. The first-order valence-corrected chi connectivity index (χ1v) is 8.33. The fraction of sp³-hybridized carbons (Fsp3) is 0.667. The summed E-state index contributed by atoms with van der Waals surface area (Å²) in [4.78, 5) is 2.48. The first-order chi connectivity index (χ1) is 10.2. The minimum absolute atomic E-state index is 0.262. The predicted molar refractivity (Wildman–Crippen MR) is 84.4 cm³/mol. The molecule has 0 saturated carbocycles. The van der Waals surface area contributed by atoms with Crippen molar-refractivity contribution in [1.82, 2.24) is 4.90 Å². The zero-order chi connectivity index (χ0) is 14.8. The summed E-state index contributed by atoms with van der Waals surface area (Å²) in [6, 6.07) is 8.64. The second-order valence-corrected chi connectivity index (χ2v) is 6.47. The van der Waals surface area contributed by atoms with Crippen molar-refractivity contribution in [3.63, 3.8) is 0 Å². The van der Waals surface area contributed by atoms with E-state index in [-0.39, 0.29) is 12.1 Å². The van der Waals surface area contributed by atoms with E-state index in [4.69, 9.17) is 4.74 Å². The van der Waals surface area contributed by atoms with Gasteiger partial charge in [-0.1, -0.05) is 31.2 Å². The van der Waals surface area contributed by atoms with E-state index in [0.717, 1.165) is 44.5 Å². The number of aliphatic hydroxyl groups excluding tert-OH is 1. The van der Waals surface area contributed by atoms with E-state index >= 15 is 0 Å². The third-order valence-corrected chi connectivity index (χ3v) is 5.15. The number of hydrogen-bond acceptors (Lipinski definition) is 3. The van der Waals surface area contributed by atoms with Crippen molar-refractivity contribution in [2.45, 2.75) is 57.3 Å². The summed E-state index contributed by atoms with van der Waals surface area (Å²) in [6.45, 7) is 7.24. The molecule has 21 heavy (non-hydrogen) atoms. The van der Waals surface area contributed by atoms with Crippen LogP contribution in [0.4, 0.5) is 0 Å². The number of aliphatic hydroxyl groups is 1. The minimum atomic E-state index is -0.346. The topological polar surface area (TPSA) is 32.7 Å². The Bertz CT molecular complexity index is 468. The van der Waals surface area contributed by atoms with E-state index in [1.54, 1.807) is 0 Å². The van der Waals surface area contributed by atoms with E-state index in [9.17, 15) is 5.11 Å². The molecule has 3 heteroatoms. The maximum absolute atomic E-state index is 10.8. The third kappa shape index (κ3) is 3.01. The van der Waals surface area contributed by atoms with E-state index in [0.29, 0.717) is 12.0 Å². The molecule has 0 aromatic heterocycles. The zero-order valence-corrected chi connectivity index (χ0v) is 13.2. The SMILES string of the molecule is CCOC1CCN(C2CC(C)c3ccccc3C2O)CC1. The Labute approximate surface area is 127 Å². The molecule has 3 unspecified atom stereocenters. The monoisotopic (exact) mass is 289 g/mol. The molecule has 1 N–H and O–H groups in total. The highest BCUT2D eigenvalue weighted by atomic mass is 16.5. The third-order valence-electron chi connectivity index (χ3n) is 5.15. The molecule has 0 spiro atoms. The van der Waals surface area contributed by atoms with Gasteiger partial charge in [0.2, 0.25) is 0 Å². The van der Waals surface area contributed by atoms with E-state index in [1.165, 1.54) is 5.56 Å². The zero-order valence-electron chi connectivity index (χ0n) is 13.2. The molecule has 1 heterocycles. The molecular formula is C18H27NO2. The maximum atomic E-state index is 10.8. The lowest BCUT2D eigenvalue weighted by Gasteiger charge is -2.43. The molecule has 3 rings (SSSR count). The fourth-order valence-electron chi connectivity index (χ4n) is 4.01. The lowest BCUT2D eigenvalue weighted by Crippen LogP contribution is -2.48. The standard InChI is InChI=1S/C18H27NO2/c1-3-21-14-8-10-19(11-9-14)17-12-13(2)15-6-4-5-7-16(15)18(17)20/h4-7,13-14,17-18,20H,3,8-12H2,1-2H3. The number of hydrogen-bond donors (Lipinski definition) is 1.